The minimum Gasteiger partial charge on any atom is -0.393 e. The van der Waals surface area contributed by atoms with Gasteiger partial charge in [0.15, 0.2) is 0 Å². The summed E-state index contributed by atoms with van der Waals surface area (Å²) in [6.07, 6.45) is 10.7. The van der Waals surface area contributed by atoms with Gasteiger partial charge in [0.1, 0.15) is 9.84 Å². The van der Waals surface area contributed by atoms with Crippen LogP contribution in [0.2, 0.25) is 0 Å². The van der Waals surface area contributed by atoms with Gasteiger partial charge in [0, 0.05) is 12.5 Å². The average Bonchev–Trinajstić information content (AvgIpc) is 3.01. The summed E-state index contributed by atoms with van der Waals surface area (Å²) in [6.45, 7) is 11.4. The normalized spacial score (nSPS) is 21.5. The SMILES string of the molecule is CCN(CC)CC.CS(=O)(=O)OC1CCC(OCc2ccccc2)CC1.CS(C)(=O)=O.OC1CCC(OCc2ccccc2)CC1. The molecule has 0 amide bonds. The van der Waals surface area contributed by atoms with Crippen molar-refractivity contribution in [3.63, 3.8) is 0 Å². The summed E-state index contributed by atoms with van der Waals surface area (Å²) in [4.78, 5) is 2.38. The molecule has 2 aromatic carbocycles. The zero-order chi connectivity index (χ0) is 34.4. The van der Waals surface area contributed by atoms with Crippen LogP contribution in [0.25, 0.3) is 0 Å². The first-order valence-corrected chi connectivity index (χ1v) is 20.6. The van der Waals surface area contributed by atoms with Crippen molar-refractivity contribution in [2.75, 3.05) is 38.4 Å². The molecule has 11 heteroatoms. The molecule has 0 aliphatic heterocycles. The van der Waals surface area contributed by atoms with E-state index in [1.807, 2.05) is 48.5 Å². The highest BCUT2D eigenvalue weighted by Gasteiger charge is 2.25. The Bertz CT molecular complexity index is 1210. The topological polar surface area (TPSA) is 119 Å². The fourth-order valence-electron chi connectivity index (χ4n) is 5.00. The Kier molecular flexibility index (Phi) is 21.5. The van der Waals surface area contributed by atoms with Crippen LogP contribution in [0.1, 0.15) is 83.3 Å². The highest BCUT2D eigenvalue weighted by atomic mass is 32.2. The van der Waals surface area contributed by atoms with Gasteiger partial charge in [0.05, 0.1) is 43.9 Å². The van der Waals surface area contributed by atoms with Crippen molar-refractivity contribution in [1.82, 2.24) is 4.90 Å². The van der Waals surface area contributed by atoms with E-state index in [2.05, 4.69) is 37.8 Å². The van der Waals surface area contributed by atoms with Crippen molar-refractivity contribution in [2.24, 2.45) is 0 Å². The van der Waals surface area contributed by atoms with Crippen LogP contribution in [0, 0.1) is 0 Å². The number of hydrogen-bond acceptors (Lipinski definition) is 9. The van der Waals surface area contributed by atoms with Gasteiger partial charge in [-0.2, -0.15) is 8.42 Å². The Labute approximate surface area is 279 Å². The molecule has 0 radical (unpaired) electrons. The minimum atomic E-state index is -3.34. The van der Waals surface area contributed by atoms with Gasteiger partial charge in [-0.3, -0.25) is 4.18 Å². The number of benzene rings is 2. The van der Waals surface area contributed by atoms with Gasteiger partial charge in [-0.15, -0.1) is 0 Å². The van der Waals surface area contributed by atoms with Crippen molar-refractivity contribution < 1.29 is 35.6 Å². The van der Waals surface area contributed by atoms with Gasteiger partial charge in [0.2, 0.25) is 0 Å². The summed E-state index contributed by atoms with van der Waals surface area (Å²) in [5.41, 5.74) is 2.39. The molecule has 0 bridgehead atoms. The molecule has 2 aromatic rings. The van der Waals surface area contributed by atoms with Gasteiger partial charge in [-0.1, -0.05) is 81.4 Å². The molecule has 2 aliphatic rings. The highest BCUT2D eigenvalue weighted by molar-refractivity contribution is 7.89. The number of rotatable bonds is 11. The van der Waals surface area contributed by atoms with Crippen LogP contribution >= 0.6 is 0 Å². The van der Waals surface area contributed by atoms with Crippen molar-refractivity contribution in [3.8, 4) is 0 Å². The quantitative estimate of drug-likeness (QED) is 0.284. The van der Waals surface area contributed by atoms with E-state index in [1.54, 1.807) is 0 Å². The van der Waals surface area contributed by atoms with Crippen molar-refractivity contribution in [1.29, 1.82) is 0 Å². The second kappa shape index (κ2) is 23.5. The van der Waals surface area contributed by atoms with Gasteiger partial charge in [-0.25, -0.2) is 8.42 Å². The summed E-state index contributed by atoms with van der Waals surface area (Å²) >= 11 is 0. The smallest absolute Gasteiger partial charge is 0.264 e. The Morgan fingerprint density at radius 1 is 0.609 bits per heavy atom. The minimum absolute atomic E-state index is 0.0958. The standard InChI is InChI=1S/C14H20O4S.C13H18O2.C6H15N.C2H6O2S/c1-19(15,16)18-14-9-7-13(8-10-14)17-11-12-5-3-2-4-6-12;14-12-6-8-13(9-7-12)15-10-11-4-2-1-3-5-11;1-4-7(5-2)6-3;1-5(2,3)4/h2-6,13-14H,7-11H2,1H3;1-5,12-14H,6-10H2;4-6H2,1-3H3;1-2H3. The maximum atomic E-state index is 11.0. The molecule has 0 atom stereocenters. The molecule has 2 fully saturated rings. The summed E-state index contributed by atoms with van der Waals surface area (Å²) in [6, 6.07) is 20.3. The van der Waals surface area contributed by atoms with E-state index in [4.69, 9.17) is 13.7 Å². The number of hydrogen-bond donors (Lipinski definition) is 1. The molecule has 4 rings (SSSR count). The second-order valence-corrected chi connectivity index (χ2v) is 15.9. The Balaban J connectivity index is 0.000000347. The molecule has 2 saturated carbocycles. The summed E-state index contributed by atoms with van der Waals surface area (Å²) in [5, 5.41) is 9.36. The second-order valence-electron chi connectivity index (χ2n) is 12.0. The van der Waals surface area contributed by atoms with Gasteiger partial charge < -0.3 is 19.5 Å². The van der Waals surface area contributed by atoms with E-state index in [9.17, 15) is 21.9 Å². The van der Waals surface area contributed by atoms with E-state index >= 15 is 0 Å². The zero-order valence-electron chi connectivity index (χ0n) is 28.8. The van der Waals surface area contributed by atoms with Crippen LogP contribution in [-0.2, 0) is 46.8 Å². The fraction of sp³-hybridized carbons (Fsp3) is 0.657. The fourth-order valence-corrected chi connectivity index (χ4v) is 5.69. The van der Waals surface area contributed by atoms with Crippen LogP contribution in [0.5, 0.6) is 0 Å². The summed E-state index contributed by atoms with van der Waals surface area (Å²) in [7, 11) is -6.00. The maximum absolute atomic E-state index is 11.0. The molecule has 46 heavy (non-hydrogen) atoms. The molecule has 2 aliphatic carbocycles. The van der Waals surface area contributed by atoms with Crippen molar-refractivity contribution in [3.05, 3.63) is 71.8 Å². The first-order chi connectivity index (χ1) is 21.7. The molecule has 0 unspecified atom stereocenters. The highest BCUT2D eigenvalue weighted by Crippen LogP contribution is 2.25. The number of aliphatic hydroxyl groups excluding tert-OH is 1. The molecule has 0 aromatic heterocycles. The first-order valence-electron chi connectivity index (χ1n) is 16.5. The predicted octanol–water partition coefficient (Wildman–Crippen LogP) is 6.01. The number of aliphatic hydroxyl groups is 1. The van der Waals surface area contributed by atoms with E-state index < -0.39 is 20.0 Å². The lowest BCUT2D eigenvalue weighted by molar-refractivity contribution is -0.0118. The van der Waals surface area contributed by atoms with Gasteiger partial charge in [0.25, 0.3) is 10.1 Å². The van der Waals surface area contributed by atoms with Crippen molar-refractivity contribution >= 4 is 20.0 Å². The van der Waals surface area contributed by atoms with E-state index in [0.29, 0.717) is 19.3 Å². The third kappa shape index (κ3) is 23.5. The number of sulfone groups is 1. The van der Waals surface area contributed by atoms with Gasteiger partial charge in [-0.05, 0) is 82.1 Å². The van der Waals surface area contributed by atoms with Crippen LogP contribution in [0.4, 0.5) is 0 Å². The molecule has 1 N–H and O–H groups in total. The third-order valence-corrected chi connectivity index (χ3v) is 8.20. The molecule has 264 valence electrons. The van der Waals surface area contributed by atoms with E-state index in [1.165, 1.54) is 25.2 Å². The summed E-state index contributed by atoms with van der Waals surface area (Å²) < 4.78 is 58.0. The van der Waals surface area contributed by atoms with Crippen LogP contribution in [0.3, 0.4) is 0 Å². The predicted molar refractivity (Wildman–Crippen MR) is 187 cm³/mol. The molecule has 0 heterocycles. The number of ether oxygens (including phenoxy) is 2. The zero-order valence-corrected chi connectivity index (χ0v) is 30.5. The largest absolute Gasteiger partial charge is 0.393 e. The number of nitrogens with zero attached hydrogens (tertiary/aromatic N) is 1. The molecule has 0 spiro atoms. The van der Waals surface area contributed by atoms with Crippen LogP contribution in [0.15, 0.2) is 60.7 Å². The monoisotopic (exact) mass is 685 g/mol. The molecular formula is C35H59NO8S2. The van der Waals surface area contributed by atoms with E-state index in [0.717, 1.165) is 75.7 Å². The lowest BCUT2D eigenvalue weighted by Gasteiger charge is -2.27. The van der Waals surface area contributed by atoms with Crippen LogP contribution in [-0.4, -0.2) is 89.7 Å². The van der Waals surface area contributed by atoms with Crippen molar-refractivity contribution in [2.45, 2.75) is 110 Å². The third-order valence-electron chi connectivity index (χ3n) is 7.57. The Morgan fingerprint density at radius 2 is 0.935 bits per heavy atom. The van der Waals surface area contributed by atoms with E-state index in [-0.39, 0.29) is 18.3 Å². The first kappa shape index (κ1) is 42.2. The van der Waals surface area contributed by atoms with Crippen LogP contribution < -0.4 is 0 Å². The molecule has 0 saturated heterocycles. The molecule has 9 nitrogen and oxygen atoms in total. The Morgan fingerprint density at radius 3 is 1.24 bits per heavy atom. The summed E-state index contributed by atoms with van der Waals surface area (Å²) in [5.74, 6) is 0. The molecular weight excluding hydrogens is 627 g/mol. The lowest BCUT2D eigenvalue weighted by Crippen LogP contribution is -2.28. The lowest BCUT2D eigenvalue weighted by atomic mass is 9.95. The maximum Gasteiger partial charge on any atom is 0.264 e. The van der Waals surface area contributed by atoms with Gasteiger partial charge >= 0.3 is 0 Å². The Hall–Kier alpha value is -1.86. The average molecular weight is 686 g/mol.